The molecule has 0 saturated heterocycles. The minimum absolute atomic E-state index is 0.0172. The number of rotatable bonds is 6. The molecule has 1 rings (SSSR count). The van der Waals surface area contributed by atoms with Crippen LogP contribution >= 0.6 is 0 Å². The Labute approximate surface area is 122 Å². The van der Waals surface area contributed by atoms with E-state index in [1.54, 1.807) is 19.1 Å². The first kappa shape index (κ1) is 16.5. The number of carbonyl (C=O) groups excluding carboxylic acids is 3. The van der Waals surface area contributed by atoms with Gasteiger partial charge in [0.15, 0.2) is 0 Å². The molecular formula is C14H18N2O5. The Balaban J connectivity index is 3.03. The van der Waals surface area contributed by atoms with Gasteiger partial charge in [-0.05, 0) is 25.5 Å². The Morgan fingerprint density at radius 1 is 1.24 bits per heavy atom. The highest BCUT2D eigenvalue weighted by Gasteiger charge is 2.20. The van der Waals surface area contributed by atoms with Crippen LogP contribution in [0.25, 0.3) is 0 Å². The lowest BCUT2D eigenvalue weighted by molar-refractivity contribution is -0.152. The second kappa shape index (κ2) is 7.88. The highest BCUT2D eigenvalue weighted by molar-refractivity contribution is 6.37. The second-order valence-corrected chi connectivity index (χ2v) is 4.07. The zero-order chi connectivity index (χ0) is 15.8. The average molecular weight is 294 g/mol. The quantitative estimate of drug-likeness (QED) is 0.603. The van der Waals surface area contributed by atoms with E-state index in [1.165, 1.54) is 6.07 Å². The van der Waals surface area contributed by atoms with Gasteiger partial charge in [0.1, 0.15) is 11.3 Å². The van der Waals surface area contributed by atoms with Crippen molar-refractivity contribution >= 4 is 23.5 Å². The van der Waals surface area contributed by atoms with Gasteiger partial charge in [0, 0.05) is 0 Å². The molecule has 0 bridgehead atoms. The molecule has 1 aromatic carbocycles. The van der Waals surface area contributed by atoms with Gasteiger partial charge < -0.3 is 20.5 Å². The van der Waals surface area contributed by atoms with Crippen molar-refractivity contribution in [2.45, 2.75) is 20.3 Å². The van der Waals surface area contributed by atoms with Gasteiger partial charge in [-0.3, -0.25) is 9.59 Å². The minimum atomic E-state index is -1.03. The van der Waals surface area contributed by atoms with Gasteiger partial charge in [0.2, 0.25) is 0 Å². The van der Waals surface area contributed by atoms with Gasteiger partial charge in [-0.1, -0.05) is 13.0 Å². The number of primary amides is 1. The van der Waals surface area contributed by atoms with Crippen molar-refractivity contribution in [1.82, 2.24) is 0 Å². The normalized spacial score (nSPS) is 9.81. The lowest BCUT2D eigenvalue weighted by Crippen LogP contribution is -2.27. The van der Waals surface area contributed by atoms with Crippen molar-refractivity contribution in [2.24, 2.45) is 5.73 Å². The third kappa shape index (κ3) is 4.48. The lowest BCUT2D eigenvalue weighted by Gasteiger charge is -2.13. The molecule has 0 unspecified atom stereocenters. The fraction of sp³-hybridized carbons (Fsp3) is 0.357. The maximum atomic E-state index is 11.6. The zero-order valence-corrected chi connectivity index (χ0v) is 12.0. The van der Waals surface area contributed by atoms with Crippen LogP contribution in [-0.4, -0.2) is 31.0 Å². The summed E-state index contributed by atoms with van der Waals surface area (Å²) in [5.74, 6) is -2.52. The first-order valence-electron chi connectivity index (χ1n) is 6.54. The monoisotopic (exact) mass is 294 g/mol. The first-order valence-corrected chi connectivity index (χ1v) is 6.54. The molecule has 0 aromatic heterocycles. The molecule has 21 heavy (non-hydrogen) atoms. The van der Waals surface area contributed by atoms with E-state index in [2.05, 4.69) is 10.1 Å². The van der Waals surface area contributed by atoms with E-state index in [4.69, 9.17) is 10.5 Å². The third-order valence-corrected chi connectivity index (χ3v) is 2.44. The molecule has 3 N–H and O–H groups in total. The summed E-state index contributed by atoms with van der Waals surface area (Å²) in [5.41, 5.74) is 5.43. The van der Waals surface area contributed by atoms with Crippen LogP contribution < -0.4 is 15.8 Å². The number of carbonyl (C=O) groups is 3. The summed E-state index contributed by atoms with van der Waals surface area (Å²) in [6, 6.07) is 4.60. The van der Waals surface area contributed by atoms with Crippen molar-refractivity contribution in [1.29, 1.82) is 0 Å². The van der Waals surface area contributed by atoms with Gasteiger partial charge >= 0.3 is 11.9 Å². The number of amides is 2. The molecule has 0 heterocycles. The molecule has 0 aliphatic heterocycles. The topological polar surface area (TPSA) is 108 Å². The molecule has 7 heteroatoms. The Kier molecular flexibility index (Phi) is 6.19. The van der Waals surface area contributed by atoms with Gasteiger partial charge in [-0.15, -0.1) is 0 Å². The van der Waals surface area contributed by atoms with Crippen LogP contribution in [0.2, 0.25) is 0 Å². The summed E-state index contributed by atoms with van der Waals surface area (Å²) < 4.78 is 9.98. The van der Waals surface area contributed by atoms with Crippen LogP contribution in [0, 0.1) is 0 Å². The average Bonchev–Trinajstić information content (AvgIpc) is 2.44. The van der Waals surface area contributed by atoms with E-state index in [0.717, 1.165) is 6.42 Å². The molecule has 0 spiro atoms. The highest BCUT2D eigenvalue weighted by atomic mass is 16.5. The molecule has 0 fully saturated rings. The first-order chi connectivity index (χ1) is 10.0. The van der Waals surface area contributed by atoms with Gasteiger partial charge in [0.25, 0.3) is 5.91 Å². The molecule has 0 aliphatic carbocycles. The van der Waals surface area contributed by atoms with Gasteiger partial charge in [-0.25, -0.2) is 4.79 Å². The number of anilines is 1. The summed E-state index contributed by atoms with van der Waals surface area (Å²) in [5, 5.41) is 2.30. The SMILES string of the molecule is CCCOc1cccc(NC(=O)C(=O)OCC)c1C(N)=O. The molecular weight excluding hydrogens is 276 g/mol. The molecule has 1 aromatic rings. The molecule has 0 radical (unpaired) electrons. The Morgan fingerprint density at radius 2 is 1.95 bits per heavy atom. The zero-order valence-electron chi connectivity index (χ0n) is 12.0. The van der Waals surface area contributed by atoms with Crippen molar-refractivity contribution in [3.05, 3.63) is 23.8 Å². The Bertz CT molecular complexity index is 542. The van der Waals surface area contributed by atoms with Crippen LogP contribution in [0.5, 0.6) is 5.75 Å². The summed E-state index contributed by atoms with van der Waals surface area (Å²) >= 11 is 0. The number of esters is 1. The summed E-state index contributed by atoms with van der Waals surface area (Å²) in [4.78, 5) is 34.5. The third-order valence-electron chi connectivity index (χ3n) is 2.44. The van der Waals surface area contributed by atoms with E-state index in [0.29, 0.717) is 6.61 Å². The number of nitrogens with one attached hydrogen (secondary N) is 1. The summed E-state index contributed by atoms with van der Waals surface area (Å²) in [6.07, 6.45) is 0.748. The van der Waals surface area contributed by atoms with E-state index in [-0.39, 0.29) is 23.6 Å². The number of hydrogen-bond acceptors (Lipinski definition) is 5. The van der Waals surface area contributed by atoms with Crippen molar-refractivity contribution in [3.63, 3.8) is 0 Å². The van der Waals surface area contributed by atoms with E-state index in [9.17, 15) is 14.4 Å². The van der Waals surface area contributed by atoms with Crippen LogP contribution in [0.3, 0.4) is 0 Å². The molecule has 0 aliphatic rings. The Morgan fingerprint density at radius 3 is 2.52 bits per heavy atom. The van der Waals surface area contributed by atoms with Gasteiger partial charge in [0.05, 0.1) is 18.9 Å². The number of ether oxygens (including phenoxy) is 2. The lowest BCUT2D eigenvalue weighted by atomic mass is 10.1. The molecule has 0 saturated carbocycles. The smallest absolute Gasteiger partial charge is 0.397 e. The second-order valence-electron chi connectivity index (χ2n) is 4.07. The fourth-order valence-electron chi connectivity index (χ4n) is 1.59. The fourth-order valence-corrected chi connectivity index (χ4v) is 1.59. The largest absolute Gasteiger partial charge is 0.493 e. The van der Waals surface area contributed by atoms with E-state index < -0.39 is 17.8 Å². The molecule has 114 valence electrons. The van der Waals surface area contributed by atoms with Crippen molar-refractivity contribution in [2.75, 3.05) is 18.5 Å². The van der Waals surface area contributed by atoms with Crippen LogP contribution in [0.15, 0.2) is 18.2 Å². The Hall–Kier alpha value is -2.57. The van der Waals surface area contributed by atoms with E-state index >= 15 is 0 Å². The molecule has 0 atom stereocenters. The van der Waals surface area contributed by atoms with E-state index in [1.807, 2.05) is 6.92 Å². The van der Waals surface area contributed by atoms with Crippen molar-refractivity contribution in [3.8, 4) is 5.75 Å². The molecule has 2 amide bonds. The summed E-state index contributed by atoms with van der Waals surface area (Å²) in [6.45, 7) is 3.97. The van der Waals surface area contributed by atoms with Crippen molar-refractivity contribution < 1.29 is 23.9 Å². The molecule has 7 nitrogen and oxygen atoms in total. The van der Waals surface area contributed by atoms with Gasteiger partial charge in [-0.2, -0.15) is 0 Å². The number of nitrogens with two attached hydrogens (primary N) is 1. The summed E-state index contributed by atoms with van der Waals surface area (Å²) in [7, 11) is 0. The number of benzene rings is 1. The predicted octanol–water partition coefficient (Wildman–Crippen LogP) is 1.08. The maximum Gasteiger partial charge on any atom is 0.397 e. The highest BCUT2D eigenvalue weighted by Crippen LogP contribution is 2.26. The minimum Gasteiger partial charge on any atom is -0.493 e. The van der Waals surface area contributed by atoms with Crippen LogP contribution in [0.4, 0.5) is 5.69 Å². The number of hydrogen-bond donors (Lipinski definition) is 2. The predicted molar refractivity (Wildman–Crippen MR) is 76.0 cm³/mol. The standard InChI is InChI=1S/C14H18N2O5/c1-3-8-21-10-7-5-6-9(11(10)12(15)17)16-13(18)14(19)20-4-2/h5-7H,3-4,8H2,1-2H3,(H2,15,17)(H,16,18). The van der Waals surface area contributed by atoms with Crippen LogP contribution in [-0.2, 0) is 14.3 Å². The maximum absolute atomic E-state index is 11.6. The van der Waals surface area contributed by atoms with Crippen LogP contribution in [0.1, 0.15) is 30.6 Å².